The third-order valence-corrected chi connectivity index (χ3v) is 2.55. The summed E-state index contributed by atoms with van der Waals surface area (Å²) in [6.07, 6.45) is 1.09. The van der Waals surface area contributed by atoms with E-state index in [9.17, 15) is 9.59 Å². The summed E-state index contributed by atoms with van der Waals surface area (Å²) in [5, 5.41) is 11.2. The van der Waals surface area contributed by atoms with Gasteiger partial charge in [0.1, 0.15) is 5.69 Å². The van der Waals surface area contributed by atoms with E-state index < -0.39 is 24.3 Å². The van der Waals surface area contributed by atoms with Gasteiger partial charge in [-0.1, -0.05) is 0 Å². The fraction of sp³-hybridized carbons (Fsp3) is 0.417. The van der Waals surface area contributed by atoms with Gasteiger partial charge in [0.05, 0.1) is 25.3 Å². The van der Waals surface area contributed by atoms with Crippen molar-refractivity contribution >= 4 is 23.3 Å². The lowest BCUT2D eigenvalue weighted by atomic mass is 10.2. The van der Waals surface area contributed by atoms with Gasteiger partial charge in [-0.15, -0.1) is 0 Å². The Morgan fingerprint density at radius 3 is 2.70 bits per heavy atom. The second kappa shape index (κ2) is 6.71. The SMILES string of the molecule is COc1nccc(N(C)C)c1NC(=O)C(N)CC(=O)O. The number of carboxylic acids is 1. The maximum atomic E-state index is 11.9. The first kappa shape index (κ1) is 15.7. The average molecular weight is 282 g/mol. The molecule has 8 heteroatoms. The van der Waals surface area contributed by atoms with Crippen molar-refractivity contribution in [3.05, 3.63) is 12.3 Å². The molecule has 1 amide bonds. The lowest BCUT2D eigenvalue weighted by molar-refractivity contribution is -0.138. The number of methoxy groups -OCH3 is 1. The monoisotopic (exact) mass is 282 g/mol. The Morgan fingerprint density at radius 2 is 2.20 bits per heavy atom. The van der Waals surface area contributed by atoms with E-state index in [-0.39, 0.29) is 5.88 Å². The highest BCUT2D eigenvalue weighted by molar-refractivity contribution is 6.00. The molecule has 0 aromatic carbocycles. The topological polar surface area (TPSA) is 118 Å². The van der Waals surface area contributed by atoms with Crippen LogP contribution in [0.1, 0.15) is 6.42 Å². The van der Waals surface area contributed by atoms with Gasteiger partial charge in [0, 0.05) is 20.3 Å². The van der Waals surface area contributed by atoms with E-state index in [1.165, 1.54) is 7.11 Å². The van der Waals surface area contributed by atoms with Crippen LogP contribution in [0.5, 0.6) is 5.88 Å². The Balaban J connectivity index is 3.01. The third-order valence-electron chi connectivity index (χ3n) is 2.55. The van der Waals surface area contributed by atoms with E-state index in [0.717, 1.165) is 0 Å². The van der Waals surface area contributed by atoms with Crippen molar-refractivity contribution in [2.45, 2.75) is 12.5 Å². The number of hydrogen-bond acceptors (Lipinski definition) is 6. The van der Waals surface area contributed by atoms with Crippen molar-refractivity contribution in [3.63, 3.8) is 0 Å². The van der Waals surface area contributed by atoms with Gasteiger partial charge < -0.3 is 25.8 Å². The Labute approximate surface area is 116 Å². The Kier molecular flexibility index (Phi) is 5.27. The standard InChI is InChI=1S/C12H18N4O4/c1-16(2)8-4-5-14-12(20-3)10(8)15-11(19)7(13)6-9(17)18/h4-5,7H,6,13H2,1-3H3,(H,15,19)(H,17,18). The molecule has 0 aliphatic carbocycles. The summed E-state index contributed by atoms with van der Waals surface area (Å²) >= 11 is 0. The molecule has 1 unspecified atom stereocenters. The molecule has 0 saturated carbocycles. The number of pyridine rings is 1. The number of nitrogens with two attached hydrogens (primary N) is 1. The summed E-state index contributed by atoms with van der Waals surface area (Å²) in [6.45, 7) is 0. The quantitative estimate of drug-likeness (QED) is 0.666. The third kappa shape index (κ3) is 3.82. The van der Waals surface area contributed by atoms with Gasteiger partial charge in [0.15, 0.2) is 0 Å². The molecule has 0 aliphatic heterocycles. The summed E-state index contributed by atoms with van der Waals surface area (Å²) < 4.78 is 5.09. The van der Waals surface area contributed by atoms with Crippen LogP contribution in [0.2, 0.25) is 0 Å². The zero-order valence-corrected chi connectivity index (χ0v) is 11.6. The van der Waals surface area contributed by atoms with E-state index >= 15 is 0 Å². The highest BCUT2D eigenvalue weighted by atomic mass is 16.5. The fourth-order valence-electron chi connectivity index (χ4n) is 1.57. The minimum Gasteiger partial charge on any atom is -0.481 e. The molecular formula is C12H18N4O4. The summed E-state index contributed by atoms with van der Waals surface area (Å²) in [5.74, 6) is -1.52. The van der Waals surface area contributed by atoms with Crippen molar-refractivity contribution in [1.29, 1.82) is 0 Å². The van der Waals surface area contributed by atoms with E-state index in [1.54, 1.807) is 31.3 Å². The zero-order chi connectivity index (χ0) is 15.3. The van der Waals surface area contributed by atoms with Crippen LogP contribution in [0.15, 0.2) is 12.3 Å². The van der Waals surface area contributed by atoms with Gasteiger partial charge in [-0.3, -0.25) is 9.59 Å². The molecule has 0 saturated heterocycles. The van der Waals surface area contributed by atoms with E-state index in [4.69, 9.17) is 15.6 Å². The van der Waals surface area contributed by atoms with Crippen LogP contribution in [0.25, 0.3) is 0 Å². The second-order valence-corrected chi connectivity index (χ2v) is 4.30. The van der Waals surface area contributed by atoms with Crippen LogP contribution in [0.4, 0.5) is 11.4 Å². The number of carbonyl (C=O) groups excluding carboxylic acids is 1. The Morgan fingerprint density at radius 1 is 1.55 bits per heavy atom. The molecule has 4 N–H and O–H groups in total. The number of nitrogens with zero attached hydrogens (tertiary/aromatic N) is 2. The molecule has 0 fully saturated rings. The maximum Gasteiger partial charge on any atom is 0.305 e. The van der Waals surface area contributed by atoms with Crippen molar-refractivity contribution in [2.24, 2.45) is 5.73 Å². The van der Waals surface area contributed by atoms with Crippen molar-refractivity contribution < 1.29 is 19.4 Å². The van der Waals surface area contributed by atoms with Gasteiger partial charge in [-0.25, -0.2) is 4.98 Å². The first-order valence-corrected chi connectivity index (χ1v) is 5.85. The van der Waals surface area contributed by atoms with Gasteiger partial charge in [0.2, 0.25) is 11.8 Å². The molecule has 0 spiro atoms. The molecule has 1 aromatic heterocycles. The molecule has 1 heterocycles. The molecule has 0 radical (unpaired) electrons. The maximum absolute atomic E-state index is 11.9. The predicted molar refractivity (Wildman–Crippen MR) is 74.0 cm³/mol. The number of amides is 1. The van der Waals surface area contributed by atoms with Gasteiger partial charge in [0.25, 0.3) is 0 Å². The van der Waals surface area contributed by atoms with Gasteiger partial charge in [-0.05, 0) is 6.07 Å². The number of carboxylic acid groups (broad SMARTS) is 1. The summed E-state index contributed by atoms with van der Waals surface area (Å²) in [4.78, 5) is 28.2. The first-order chi connectivity index (χ1) is 9.36. The highest BCUT2D eigenvalue weighted by Crippen LogP contribution is 2.31. The lowest BCUT2D eigenvalue weighted by Crippen LogP contribution is -2.37. The number of rotatable bonds is 6. The van der Waals surface area contributed by atoms with Crippen molar-refractivity contribution in [1.82, 2.24) is 4.98 Å². The highest BCUT2D eigenvalue weighted by Gasteiger charge is 2.21. The minimum absolute atomic E-state index is 0.229. The predicted octanol–water partition coefficient (Wildman–Crippen LogP) is -0.103. The Hall–Kier alpha value is -2.35. The molecule has 0 bridgehead atoms. The summed E-state index contributed by atoms with van der Waals surface area (Å²) in [5.41, 5.74) is 6.54. The van der Waals surface area contributed by atoms with E-state index in [0.29, 0.717) is 11.4 Å². The van der Waals surface area contributed by atoms with Crippen molar-refractivity contribution in [2.75, 3.05) is 31.4 Å². The Bertz CT molecular complexity index is 504. The molecule has 110 valence electrons. The molecule has 1 atom stereocenters. The molecule has 8 nitrogen and oxygen atoms in total. The number of nitrogens with one attached hydrogen (secondary N) is 1. The van der Waals surface area contributed by atoms with E-state index in [1.807, 2.05) is 0 Å². The molecule has 1 rings (SSSR count). The smallest absolute Gasteiger partial charge is 0.305 e. The molecule has 20 heavy (non-hydrogen) atoms. The number of aliphatic carboxylic acids is 1. The normalized spacial score (nSPS) is 11.6. The fourth-order valence-corrected chi connectivity index (χ4v) is 1.57. The first-order valence-electron chi connectivity index (χ1n) is 5.85. The number of anilines is 2. The number of aromatic nitrogens is 1. The largest absolute Gasteiger partial charge is 0.481 e. The second-order valence-electron chi connectivity index (χ2n) is 4.30. The van der Waals surface area contributed by atoms with Crippen LogP contribution >= 0.6 is 0 Å². The van der Waals surface area contributed by atoms with Gasteiger partial charge >= 0.3 is 5.97 Å². The van der Waals surface area contributed by atoms with Crippen LogP contribution < -0.4 is 20.7 Å². The summed E-state index contributed by atoms with van der Waals surface area (Å²) in [6, 6.07) is 0.549. The molecule has 1 aromatic rings. The van der Waals surface area contributed by atoms with E-state index in [2.05, 4.69) is 10.3 Å². The number of ether oxygens (including phenoxy) is 1. The zero-order valence-electron chi connectivity index (χ0n) is 11.6. The summed E-state index contributed by atoms with van der Waals surface area (Å²) in [7, 11) is 5.01. The van der Waals surface area contributed by atoms with Crippen molar-refractivity contribution in [3.8, 4) is 5.88 Å². The van der Waals surface area contributed by atoms with Crippen LogP contribution in [0, 0.1) is 0 Å². The lowest BCUT2D eigenvalue weighted by Gasteiger charge is -2.20. The van der Waals surface area contributed by atoms with Crippen LogP contribution in [-0.2, 0) is 9.59 Å². The minimum atomic E-state index is -1.15. The van der Waals surface area contributed by atoms with Crippen LogP contribution in [-0.4, -0.2) is 49.2 Å². The number of carbonyl (C=O) groups is 2. The molecule has 0 aliphatic rings. The van der Waals surface area contributed by atoms with Crippen LogP contribution in [0.3, 0.4) is 0 Å². The molecular weight excluding hydrogens is 264 g/mol. The van der Waals surface area contributed by atoms with Gasteiger partial charge in [-0.2, -0.15) is 0 Å². The average Bonchev–Trinajstić information content (AvgIpc) is 2.37. The number of hydrogen-bond donors (Lipinski definition) is 3.